The molecular formula is C19H18N4S. The molecule has 120 valence electrons. The lowest BCUT2D eigenvalue weighted by Gasteiger charge is -2.14. The van der Waals surface area contributed by atoms with Gasteiger partial charge in [0.1, 0.15) is 0 Å². The van der Waals surface area contributed by atoms with E-state index in [4.69, 9.17) is 4.98 Å². The van der Waals surface area contributed by atoms with Crippen LogP contribution in [0, 0.1) is 0 Å². The molecule has 0 unspecified atom stereocenters. The summed E-state index contributed by atoms with van der Waals surface area (Å²) in [5, 5.41) is 9.46. The van der Waals surface area contributed by atoms with Gasteiger partial charge in [0.05, 0.1) is 5.69 Å². The number of nitrogens with zero attached hydrogens (tertiary/aromatic N) is 2. The Morgan fingerprint density at radius 1 is 0.958 bits per heavy atom. The Hall–Kier alpha value is -2.66. The normalized spacial score (nSPS) is 13.9. The van der Waals surface area contributed by atoms with Crippen molar-refractivity contribution >= 4 is 22.4 Å². The Labute approximate surface area is 145 Å². The second-order valence-corrected chi connectivity index (χ2v) is 6.48. The summed E-state index contributed by atoms with van der Waals surface area (Å²) in [5.74, 6) is 0.820. The molecule has 0 saturated carbocycles. The zero-order valence-corrected chi connectivity index (χ0v) is 14.0. The number of hydrogen-bond acceptors (Lipinski definition) is 5. The van der Waals surface area contributed by atoms with E-state index < -0.39 is 0 Å². The summed E-state index contributed by atoms with van der Waals surface area (Å²) in [4.78, 5) is 9.12. The first-order valence-electron chi connectivity index (χ1n) is 8.05. The minimum Gasteiger partial charge on any atom is -0.356 e. The highest BCUT2D eigenvalue weighted by Gasteiger charge is 2.09. The van der Waals surface area contributed by atoms with Gasteiger partial charge in [-0.2, -0.15) is 0 Å². The Morgan fingerprint density at radius 2 is 1.79 bits per heavy atom. The molecule has 2 aromatic carbocycles. The second-order valence-electron chi connectivity index (χ2n) is 5.62. The van der Waals surface area contributed by atoms with Gasteiger partial charge < -0.3 is 10.6 Å². The van der Waals surface area contributed by atoms with Crippen LogP contribution in [-0.4, -0.2) is 24.0 Å². The summed E-state index contributed by atoms with van der Waals surface area (Å²) >= 11 is 1.60. The average molecular weight is 334 g/mol. The highest BCUT2D eigenvalue weighted by atomic mass is 32.1. The van der Waals surface area contributed by atoms with E-state index >= 15 is 0 Å². The van der Waals surface area contributed by atoms with E-state index in [2.05, 4.69) is 69.5 Å². The molecule has 5 heteroatoms. The number of hydrogen-bond donors (Lipinski definition) is 2. The molecule has 0 fully saturated rings. The van der Waals surface area contributed by atoms with Crippen molar-refractivity contribution in [3.63, 3.8) is 0 Å². The van der Waals surface area contributed by atoms with Crippen LogP contribution in [0.15, 0.2) is 65.0 Å². The first-order valence-corrected chi connectivity index (χ1v) is 8.93. The number of aromatic nitrogens is 1. The zero-order chi connectivity index (χ0) is 16.2. The lowest BCUT2D eigenvalue weighted by Crippen LogP contribution is -2.35. The third-order valence-corrected chi connectivity index (χ3v) is 4.65. The molecule has 2 heterocycles. The van der Waals surface area contributed by atoms with Gasteiger partial charge in [0.15, 0.2) is 11.1 Å². The largest absolute Gasteiger partial charge is 0.356 e. The maximum atomic E-state index is 4.70. The number of benzene rings is 2. The second kappa shape index (κ2) is 6.84. The Bertz CT molecular complexity index is 855. The van der Waals surface area contributed by atoms with Crippen molar-refractivity contribution in [2.45, 2.75) is 6.42 Å². The van der Waals surface area contributed by atoms with Crippen LogP contribution < -0.4 is 10.6 Å². The maximum absolute atomic E-state index is 4.70. The van der Waals surface area contributed by atoms with E-state index in [0.29, 0.717) is 0 Å². The number of aliphatic imine (C=N–C) groups is 1. The molecule has 0 saturated heterocycles. The topological polar surface area (TPSA) is 49.3 Å². The van der Waals surface area contributed by atoms with E-state index in [-0.39, 0.29) is 0 Å². The van der Waals surface area contributed by atoms with Crippen LogP contribution in [0.1, 0.15) is 6.42 Å². The standard InChI is InChI=1S/C19H18N4S/c1-2-6-14(7-3-1)15-8-4-9-16(12-15)17-13-24-19(22-17)23-18-20-10-5-11-21-18/h1-4,6-9,12-13H,5,10-11H2,(H2,20,21,22,23). The Morgan fingerprint density at radius 3 is 2.62 bits per heavy atom. The summed E-state index contributed by atoms with van der Waals surface area (Å²) in [6, 6.07) is 18.9. The van der Waals surface area contributed by atoms with Crippen LogP contribution >= 0.6 is 11.3 Å². The van der Waals surface area contributed by atoms with Crippen molar-refractivity contribution in [1.29, 1.82) is 0 Å². The van der Waals surface area contributed by atoms with Crippen LogP contribution in [0.2, 0.25) is 0 Å². The van der Waals surface area contributed by atoms with Gasteiger partial charge in [-0.05, 0) is 23.6 Å². The van der Waals surface area contributed by atoms with Crippen LogP contribution in [0.5, 0.6) is 0 Å². The van der Waals surface area contributed by atoms with Gasteiger partial charge in [-0.3, -0.25) is 4.99 Å². The van der Waals surface area contributed by atoms with E-state index in [9.17, 15) is 0 Å². The molecule has 24 heavy (non-hydrogen) atoms. The van der Waals surface area contributed by atoms with Gasteiger partial charge in [0.2, 0.25) is 0 Å². The van der Waals surface area contributed by atoms with Gasteiger partial charge in [-0.15, -0.1) is 11.3 Å². The summed E-state index contributed by atoms with van der Waals surface area (Å²) < 4.78 is 0. The number of thiazole rings is 1. The molecule has 1 aliphatic rings. The number of guanidine groups is 1. The fraction of sp³-hybridized carbons (Fsp3) is 0.158. The number of anilines is 1. The fourth-order valence-electron chi connectivity index (χ4n) is 2.67. The van der Waals surface area contributed by atoms with Crippen molar-refractivity contribution in [1.82, 2.24) is 10.3 Å². The van der Waals surface area contributed by atoms with Crippen LogP contribution in [0.4, 0.5) is 5.13 Å². The highest BCUT2D eigenvalue weighted by Crippen LogP contribution is 2.28. The molecule has 0 amide bonds. The van der Waals surface area contributed by atoms with E-state index in [1.807, 2.05) is 6.07 Å². The lowest BCUT2D eigenvalue weighted by molar-refractivity contribution is 0.740. The first-order chi connectivity index (χ1) is 11.9. The first kappa shape index (κ1) is 14.9. The molecule has 0 bridgehead atoms. The van der Waals surface area contributed by atoms with Gasteiger partial charge >= 0.3 is 0 Å². The predicted octanol–water partition coefficient (Wildman–Crippen LogP) is 4.24. The van der Waals surface area contributed by atoms with Gasteiger partial charge in [-0.25, -0.2) is 4.98 Å². The van der Waals surface area contributed by atoms with Gasteiger partial charge in [0, 0.05) is 24.0 Å². The van der Waals surface area contributed by atoms with E-state index in [1.54, 1.807) is 11.3 Å². The molecule has 1 aliphatic heterocycles. The van der Waals surface area contributed by atoms with Crippen molar-refractivity contribution in [3.8, 4) is 22.4 Å². The van der Waals surface area contributed by atoms with Crippen molar-refractivity contribution in [2.24, 2.45) is 4.99 Å². The van der Waals surface area contributed by atoms with Crippen LogP contribution in [0.25, 0.3) is 22.4 Å². The summed E-state index contributed by atoms with van der Waals surface area (Å²) in [6.07, 6.45) is 1.08. The molecule has 4 rings (SSSR count). The minimum absolute atomic E-state index is 0.820. The molecule has 2 N–H and O–H groups in total. The minimum atomic E-state index is 0.820. The van der Waals surface area contributed by atoms with Crippen LogP contribution in [0.3, 0.4) is 0 Å². The van der Waals surface area contributed by atoms with Crippen molar-refractivity contribution in [3.05, 3.63) is 60.0 Å². The third kappa shape index (κ3) is 3.31. The average Bonchev–Trinajstić information content (AvgIpc) is 3.12. The van der Waals surface area contributed by atoms with E-state index in [0.717, 1.165) is 41.9 Å². The number of nitrogens with one attached hydrogen (secondary N) is 2. The van der Waals surface area contributed by atoms with E-state index in [1.165, 1.54) is 11.1 Å². The van der Waals surface area contributed by atoms with Crippen molar-refractivity contribution in [2.75, 3.05) is 18.4 Å². The zero-order valence-electron chi connectivity index (χ0n) is 13.2. The van der Waals surface area contributed by atoms with Gasteiger partial charge in [-0.1, -0.05) is 48.5 Å². The fourth-order valence-corrected chi connectivity index (χ4v) is 3.39. The van der Waals surface area contributed by atoms with Gasteiger partial charge in [0.25, 0.3) is 0 Å². The SMILES string of the molecule is c1ccc(-c2cccc(-c3csc(NC4=NCCCN4)n3)c2)cc1. The smallest absolute Gasteiger partial charge is 0.197 e. The molecule has 4 nitrogen and oxygen atoms in total. The Kier molecular flexibility index (Phi) is 4.25. The van der Waals surface area contributed by atoms with Crippen molar-refractivity contribution < 1.29 is 0 Å². The highest BCUT2D eigenvalue weighted by molar-refractivity contribution is 7.14. The van der Waals surface area contributed by atoms with Crippen LogP contribution in [-0.2, 0) is 0 Å². The third-order valence-electron chi connectivity index (χ3n) is 3.89. The molecule has 3 aromatic rings. The molecule has 0 atom stereocenters. The summed E-state index contributed by atoms with van der Waals surface area (Å²) in [7, 11) is 0. The quantitative estimate of drug-likeness (QED) is 0.753. The molecular weight excluding hydrogens is 316 g/mol. The molecule has 0 spiro atoms. The Balaban J connectivity index is 1.57. The number of rotatable bonds is 3. The predicted molar refractivity (Wildman–Crippen MR) is 102 cm³/mol. The summed E-state index contributed by atoms with van der Waals surface area (Å²) in [5.41, 5.74) is 4.53. The molecule has 0 aliphatic carbocycles. The lowest BCUT2D eigenvalue weighted by atomic mass is 10.0. The molecule has 1 aromatic heterocycles. The maximum Gasteiger partial charge on any atom is 0.197 e. The molecule has 0 radical (unpaired) electrons. The summed E-state index contributed by atoms with van der Waals surface area (Å²) in [6.45, 7) is 1.83. The monoisotopic (exact) mass is 334 g/mol.